The lowest BCUT2D eigenvalue weighted by Crippen LogP contribution is -2.33. The summed E-state index contributed by atoms with van der Waals surface area (Å²) in [5.41, 5.74) is 4.07. The van der Waals surface area contributed by atoms with Crippen molar-refractivity contribution in [3.05, 3.63) is 83.9 Å². The van der Waals surface area contributed by atoms with Gasteiger partial charge in [0.15, 0.2) is 0 Å². The number of nitrogens with zero attached hydrogens (tertiary/aromatic N) is 1. The van der Waals surface area contributed by atoms with E-state index in [-0.39, 0.29) is 5.75 Å². The number of hydrogen-bond acceptors (Lipinski definition) is 4. The maximum Gasteiger partial charge on any atom is 0.138 e. The van der Waals surface area contributed by atoms with Crippen LogP contribution in [0.15, 0.2) is 77.2 Å². The van der Waals surface area contributed by atoms with Gasteiger partial charge in [-0.1, -0.05) is 48.9 Å². The van der Waals surface area contributed by atoms with Gasteiger partial charge in [0.1, 0.15) is 29.4 Å². The smallest absolute Gasteiger partial charge is 0.138 e. The van der Waals surface area contributed by atoms with Crippen molar-refractivity contribution in [1.29, 1.82) is 0 Å². The van der Waals surface area contributed by atoms with Crippen molar-refractivity contribution >= 4 is 11.0 Å². The third-order valence-corrected chi connectivity index (χ3v) is 6.24. The number of ether oxygens (including phenoxy) is 1. The second kappa shape index (κ2) is 9.49. The molecule has 0 aliphatic carbocycles. The molecule has 0 atom stereocenters. The quantitative estimate of drug-likeness (QED) is 0.378. The SMILES string of the molecule is Oc1ccc2c(Cc3ccc(OCCN4CCCCC4)cc3)c(-c3ccccc3)oc2c1. The number of hydrogen-bond donors (Lipinski definition) is 1. The van der Waals surface area contributed by atoms with Gasteiger partial charge >= 0.3 is 0 Å². The maximum atomic E-state index is 9.90. The minimum absolute atomic E-state index is 0.212. The van der Waals surface area contributed by atoms with Gasteiger partial charge in [-0.05, 0) is 55.8 Å². The highest BCUT2D eigenvalue weighted by Gasteiger charge is 2.17. The van der Waals surface area contributed by atoms with Crippen LogP contribution in [0.5, 0.6) is 11.5 Å². The van der Waals surface area contributed by atoms with E-state index in [0.717, 1.165) is 47.6 Å². The highest BCUT2D eigenvalue weighted by molar-refractivity contribution is 5.89. The zero-order valence-corrected chi connectivity index (χ0v) is 18.3. The molecule has 0 bridgehead atoms. The fraction of sp³-hybridized carbons (Fsp3) is 0.286. The molecule has 32 heavy (non-hydrogen) atoms. The summed E-state index contributed by atoms with van der Waals surface area (Å²) >= 11 is 0. The summed E-state index contributed by atoms with van der Waals surface area (Å²) in [5, 5.41) is 10.9. The Morgan fingerprint density at radius 1 is 0.875 bits per heavy atom. The Hall–Kier alpha value is -3.24. The molecule has 4 nitrogen and oxygen atoms in total. The van der Waals surface area contributed by atoms with Crippen LogP contribution in [0.1, 0.15) is 30.4 Å². The molecule has 0 spiro atoms. The van der Waals surface area contributed by atoms with Crippen LogP contribution in [0.2, 0.25) is 0 Å². The molecule has 1 saturated heterocycles. The van der Waals surface area contributed by atoms with E-state index in [1.165, 1.54) is 37.9 Å². The minimum atomic E-state index is 0.212. The molecule has 4 heteroatoms. The molecular weight excluding hydrogens is 398 g/mol. The fourth-order valence-electron chi connectivity index (χ4n) is 4.52. The summed E-state index contributed by atoms with van der Waals surface area (Å²) in [5.74, 6) is 1.98. The molecule has 4 aromatic rings. The average Bonchev–Trinajstić information content (AvgIpc) is 3.18. The fourth-order valence-corrected chi connectivity index (χ4v) is 4.52. The first kappa shape index (κ1) is 20.7. The number of rotatable bonds is 7. The molecule has 164 valence electrons. The normalized spacial score (nSPS) is 14.6. The first-order valence-electron chi connectivity index (χ1n) is 11.5. The van der Waals surface area contributed by atoms with Crippen LogP contribution in [0.3, 0.4) is 0 Å². The van der Waals surface area contributed by atoms with E-state index in [1.807, 2.05) is 24.3 Å². The molecule has 0 saturated carbocycles. The van der Waals surface area contributed by atoms with Gasteiger partial charge in [-0.3, -0.25) is 4.90 Å². The van der Waals surface area contributed by atoms with E-state index in [1.54, 1.807) is 12.1 Å². The van der Waals surface area contributed by atoms with Gasteiger partial charge in [0.25, 0.3) is 0 Å². The van der Waals surface area contributed by atoms with Crippen LogP contribution in [-0.2, 0) is 6.42 Å². The van der Waals surface area contributed by atoms with Crippen molar-refractivity contribution in [3.8, 4) is 22.8 Å². The second-order valence-electron chi connectivity index (χ2n) is 8.53. The summed E-state index contributed by atoms with van der Waals surface area (Å²) in [6.45, 7) is 4.12. The van der Waals surface area contributed by atoms with E-state index < -0.39 is 0 Å². The lowest BCUT2D eigenvalue weighted by molar-refractivity contribution is 0.183. The van der Waals surface area contributed by atoms with Crippen molar-refractivity contribution in [2.24, 2.45) is 0 Å². The number of phenols is 1. The predicted octanol–water partition coefficient (Wildman–Crippen LogP) is 6.26. The van der Waals surface area contributed by atoms with E-state index in [4.69, 9.17) is 9.15 Å². The number of benzene rings is 3. The third kappa shape index (κ3) is 4.66. The van der Waals surface area contributed by atoms with Crippen molar-refractivity contribution in [2.45, 2.75) is 25.7 Å². The number of piperidine rings is 1. The maximum absolute atomic E-state index is 9.90. The monoisotopic (exact) mass is 427 g/mol. The van der Waals surface area contributed by atoms with Crippen LogP contribution < -0.4 is 4.74 Å². The highest BCUT2D eigenvalue weighted by atomic mass is 16.5. The molecule has 0 amide bonds. The zero-order chi connectivity index (χ0) is 21.8. The summed E-state index contributed by atoms with van der Waals surface area (Å²) in [6, 6.07) is 23.9. The molecule has 5 rings (SSSR count). The first-order valence-corrected chi connectivity index (χ1v) is 11.5. The van der Waals surface area contributed by atoms with Crippen LogP contribution >= 0.6 is 0 Å². The molecule has 3 aromatic carbocycles. The van der Waals surface area contributed by atoms with Crippen molar-refractivity contribution < 1.29 is 14.3 Å². The summed E-state index contributed by atoms with van der Waals surface area (Å²) in [7, 11) is 0. The van der Waals surface area contributed by atoms with E-state index in [9.17, 15) is 5.11 Å². The minimum Gasteiger partial charge on any atom is -0.508 e. The second-order valence-corrected chi connectivity index (χ2v) is 8.53. The molecule has 0 unspecified atom stereocenters. The van der Waals surface area contributed by atoms with Gasteiger partial charge < -0.3 is 14.3 Å². The molecule has 0 radical (unpaired) electrons. The Bertz CT molecular complexity index is 1160. The van der Waals surface area contributed by atoms with E-state index >= 15 is 0 Å². The summed E-state index contributed by atoms with van der Waals surface area (Å²) < 4.78 is 12.2. The highest BCUT2D eigenvalue weighted by Crippen LogP contribution is 2.36. The predicted molar refractivity (Wildman–Crippen MR) is 128 cm³/mol. The average molecular weight is 428 g/mol. The topological polar surface area (TPSA) is 45.8 Å². The molecule has 2 heterocycles. The Labute approximate surface area is 189 Å². The van der Waals surface area contributed by atoms with Crippen LogP contribution in [0, 0.1) is 0 Å². The number of aromatic hydroxyl groups is 1. The Morgan fingerprint density at radius 3 is 2.44 bits per heavy atom. The van der Waals surface area contributed by atoms with Crippen LogP contribution in [0.25, 0.3) is 22.3 Å². The summed E-state index contributed by atoms with van der Waals surface area (Å²) in [6.07, 6.45) is 4.72. The summed E-state index contributed by atoms with van der Waals surface area (Å²) in [4.78, 5) is 2.49. The number of likely N-dealkylation sites (tertiary alicyclic amines) is 1. The van der Waals surface area contributed by atoms with Gasteiger partial charge in [0.05, 0.1) is 0 Å². The van der Waals surface area contributed by atoms with Gasteiger partial charge in [0, 0.05) is 35.5 Å². The van der Waals surface area contributed by atoms with Gasteiger partial charge in [-0.2, -0.15) is 0 Å². The lowest BCUT2D eigenvalue weighted by atomic mass is 9.98. The lowest BCUT2D eigenvalue weighted by Gasteiger charge is -2.26. The Kier molecular flexibility index (Phi) is 6.13. The van der Waals surface area contributed by atoms with Gasteiger partial charge in [-0.25, -0.2) is 0 Å². The molecule has 1 aliphatic heterocycles. The number of furan rings is 1. The third-order valence-electron chi connectivity index (χ3n) is 6.24. The van der Waals surface area contributed by atoms with Crippen molar-refractivity contribution in [2.75, 3.05) is 26.2 Å². The molecular formula is C28H29NO3. The van der Waals surface area contributed by atoms with Gasteiger partial charge in [0.2, 0.25) is 0 Å². The number of phenolic OH excluding ortho intramolecular Hbond substituents is 1. The van der Waals surface area contributed by atoms with Crippen molar-refractivity contribution in [1.82, 2.24) is 4.90 Å². The van der Waals surface area contributed by atoms with Crippen LogP contribution in [0.4, 0.5) is 0 Å². The Morgan fingerprint density at radius 2 is 1.66 bits per heavy atom. The number of fused-ring (bicyclic) bond motifs is 1. The zero-order valence-electron chi connectivity index (χ0n) is 18.3. The first-order chi connectivity index (χ1) is 15.8. The standard InChI is InChI=1S/C28H29NO3/c30-23-11-14-25-26(28(32-27(25)20-23)22-7-3-1-4-8-22)19-21-9-12-24(13-10-21)31-18-17-29-15-5-2-6-16-29/h1,3-4,7-14,20,30H,2,5-6,15-19H2. The molecule has 1 aliphatic rings. The largest absolute Gasteiger partial charge is 0.508 e. The molecule has 1 fully saturated rings. The van der Waals surface area contributed by atoms with E-state index in [0.29, 0.717) is 5.58 Å². The Balaban J connectivity index is 1.32. The van der Waals surface area contributed by atoms with Crippen LogP contribution in [-0.4, -0.2) is 36.2 Å². The molecule has 1 aromatic heterocycles. The molecule has 1 N–H and O–H groups in total. The van der Waals surface area contributed by atoms with E-state index in [2.05, 4.69) is 41.3 Å². The van der Waals surface area contributed by atoms with Crippen molar-refractivity contribution in [3.63, 3.8) is 0 Å². The van der Waals surface area contributed by atoms with Gasteiger partial charge in [-0.15, -0.1) is 0 Å².